The van der Waals surface area contributed by atoms with Gasteiger partial charge in [-0.05, 0) is 67.8 Å². The molecule has 0 atom stereocenters. The Morgan fingerprint density at radius 2 is 1.82 bits per heavy atom. The summed E-state index contributed by atoms with van der Waals surface area (Å²) in [4.78, 5) is 41.2. The average Bonchev–Trinajstić information content (AvgIpc) is 3.70. The molecule has 0 radical (unpaired) electrons. The fourth-order valence-electron chi connectivity index (χ4n) is 6.11. The zero-order chi connectivity index (χ0) is 33.9. The predicted molar refractivity (Wildman–Crippen MR) is 189 cm³/mol. The molecule has 1 fully saturated rings. The van der Waals surface area contributed by atoms with Crippen molar-refractivity contribution < 1.29 is 28.6 Å². The number of nitrogens with one attached hydrogen (secondary N) is 1. The number of piperazine rings is 1. The van der Waals surface area contributed by atoms with E-state index in [1.165, 1.54) is 28.7 Å². The van der Waals surface area contributed by atoms with Crippen LogP contribution in [0.5, 0.6) is 11.6 Å². The van der Waals surface area contributed by atoms with Gasteiger partial charge in [0.1, 0.15) is 0 Å². The summed E-state index contributed by atoms with van der Waals surface area (Å²) in [5.41, 5.74) is 4.19. The second-order valence-electron chi connectivity index (χ2n) is 12.0. The minimum absolute atomic E-state index is 0.0304. The number of benzene rings is 3. The van der Waals surface area contributed by atoms with E-state index in [1.54, 1.807) is 12.1 Å². The maximum atomic E-state index is 14.9. The third-order valence-corrected chi connectivity index (χ3v) is 10.8. The Kier molecular flexibility index (Phi) is 9.60. The minimum Gasteiger partial charge on any atom is -0.491 e. The SMILES string of the molecule is CN1CCN(c2ccc(OCCCc3sc(N4CCc5cccc(C(=O)Nc6nc7ccccc7s6)c5C4)nc3OC(=O)O)c(F)c2)CC1. The number of carbonyl (C=O) groups is 2. The summed E-state index contributed by atoms with van der Waals surface area (Å²) >= 11 is 2.77. The maximum absolute atomic E-state index is 14.9. The minimum atomic E-state index is -1.45. The third-order valence-electron chi connectivity index (χ3n) is 8.73. The van der Waals surface area contributed by atoms with Gasteiger partial charge in [0.2, 0.25) is 5.88 Å². The molecule has 254 valence electrons. The molecule has 5 aromatic rings. The van der Waals surface area contributed by atoms with Crippen molar-refractivity contribution in [2.75, 3.05) is 61.5 Å². The molecule has 2 aromatic heterocycles. The van der Waals surface area contributed by atoms with Crippen LogP contribution >= 0.6 is 22.7 Å². The lowest BCUT2D eigenvalue weighted by Gasteiger charge is -2.34. The molecule has 1 amide bonds. The Hall–Kier alpha value is -4.79. The fourth-order valence-corrected chi connectivity index (χ4v) is 8.03. The number of para-hydroxylation sites is 1. The molecule has 11 nitrogen and oxygen atoms in total. The summed E-state index contributed by atoms with van der Waals surface area (Å²) in [5, 5.41) is 13.5. The number of hydrogen-bond acceptors (Lipinski definition) is 11. The number of ether oxygens (including phenoxy) is 2. The van der Waals surface area contributed by atoms with Crippen molar-refractivity contribution in [1.29, 1.82) is 0 Å². The molecule has 0 spiro atoms. The lowest BCUT2D eigenvalue weighted by molar-refractivity contribution is 0.102. The van der Waals surface area contributed by atoms with Crippen LogP contribution in [0.25, 0.3) is 10.2 Å². The standard InChI is InChI=1S/C35H35FN6O5S2/c1-40-15-17-41(18-16-40)23-11-12-28(26(36)20-23)46-19-5-10-30-32(47-35(44)45)39-34(49-30)42-14-13-22-6-4-7-24(25(22)21-42)31(43)38-33-37-27-8-2-3-9-29(27)48-33/h2-4,6-9,11-12,20H,5,10,13-19,21H2,1H3,(H,44,45)(H,37,38,43). The van der Waals surface area contributed by atoms with Gasteiger partial charge in [-0.3, -0.25) is 10.1 Å². The first-order valence-electron chi connectivity index (χ1n) is 16.1. The maximum Gasteiger partial charge on any atom is 0.512 e. The molecule has 0 aliphatic carbocycles. The average molecular weight is 703 g/mol. The number of carboxylic acid groups (broad SMARTS) is 1. The fraction of sp³-hybridized carbons (Fsp3) is 0.314. The van der Waals surface area contributed by atoms with E-state index in [0.29, 0.717) is 53.1 Å². The topological polar surface area (TPSA) is 120 Å². The Morgan fingerprint density at radius 3 is 2.61 bits per heavy atom. The second-order valence-corrected chi connectivity index (χ2v) is 14.1. The first-order chi connectivity index (χ1) is 23.8. The number of thiazole rings is 2. The summed E-state index contributed by atoms with van der Waals surface area (Å²) in [6, 6.07) is 18.5. The predicted octanol–water partition coefficient (Wildman–Crippen LogP) is 6.53. The van der Waals surface area contributed by atoms with Crippen molar-refractivity contribution in [3.63, 3.8) is 0 Å². The van der Waals surface area contributed by atoms with Crippen LogP contribution < -0.4 is 24.6 Å². The van der Waals surface area contributed by atoms with E-state index >= 15 is 0 Å². The van der Waals surface area contributed by atoms with Crippen molar-refractivity contribution in [2.45, 2.75) is 25.8 Å². The third kappa shape index (κ3) is 7.46. The van der Waals surface area contributed by atoms with Gasteiger partial charge in [-0.25, -0.2) is 14.2 Å². The summed E-state index contributed by atoms with van der Waals surface area (Å²) in [7, 11) is 2.08. The molecule has 0 bridgehead atoms. The number of carbonyl (C=O) groups excluding carboxylic acids is 1. The van der Waals surface area contributed by atoms with Crippen LogP contribution in [0.2, 0.25) is 0 Å². The van der Waals surface area contributed by atoms with Crippen molar-refractivity contribution >= 4 is 60.9 Å². The largest absolute Gasteiger partial charge is 0.512 e. The molecule has 1 saturated heterocycles. The van der Waals surface area contributed by atoms with Crippen LogP contribution in [0.15, 0.2) is 60.7 Å². The highest BCUT2D eigenvalue weighted by atomic mass is 32.1. The van der Waals surface area contributed by atoms with E-state index in [0.717, 1.165) is 53.2 Å². The van der Waals surface area contributed by atoms with Crippen LogP contribution in [-0.2, 0) is 19.4 Å². The molecule has 2 aliphatic rings. The lowest BCUT2D eigenvalue weighted by Crippen LogP contribution is -2.44. The number of halogens is 1. The van der Waals surface area contributed by atoms with E-state index < -0.39 is 12.0 Å². The van der Waals surface area contributed by atoms with Gasteiger partial charge in [0, 0.05) is 56.6 Å². The highest BCUT2D eigenvalue weighted by molar-refractivity contribution is 7.22. The van der Waals surface area contributed by atoms with E-state index in [-0.39, 0.29) is 24.1 Å². The molecule has 0 saturated carbocycles. The number of anilines is 3. The number of hydrogen-bond donors (Lipinski definition) is 2. The molecule has 2 N–H and O–H groups in total. The Labute approximate surface area is 290 Å². The molecule has 7 rings (SSSR count). The van der Waals surface area contributed by atoms with Crippen molar-refractivity contribution in [3.05, 3.63) is 88.0 Å². The zero-order valence-electron chi connectivity index (χ0n) is 26.9. The summed E-state index contributed by atoms with van der Waals surface area (Å²) in [5.74, 6) is -0.439. The van der Waals surface area contributed by atoms with E-state index in [2.05, 4.69) is 32.1 Å². The molecule has 3 aromatic carbocycles. The van der Waals surface area contributed by atoms with Crippen molar-refractivity contribution in [2.24, 2.45) is 0 Å². The number of aryl methyl sites for hydroxylation is 1. The second kappa shape index (κ2) is 14.4. The van der Waals surface area contributed by atoms with Gasteiger partial charge < -0.3 is 29.3 Å². The zero-order valence-corrected chi connectivity index (χ0v) is 28.5. The number of amides is 1. The Bertz CT molecular complexity index is 1960. The van der Waals surface area contributed by atoms with Crippen LogP contribution in [0.1, 0.15) is 32.8 Å². The highest BCUT2D eigenvalue weighted by Crippen LogP contribution is 2.36. The number of likely N-dealkylation sites (N-methyl/N-ethyl adjacent to an activating group) is 1. The molecule has 49 heavy (non-hydrogen) atoms. The Morgan fingerprint density at radius 1 is 0.980 bits per heavy atom. The van der Waals surface area contributed by atoms with E-state index in [9.17, 15) is 19.1 Å². The van der Waals surface area contributed by atoms with Gasteiger partial charge in [0.05, 0.1) is 21.7 Å². The van der Waals surface area contributed by atoms with Gasteiger partial charge in [0.25, 0.3) is 5.91 Å². The van der Waals surface area contributed by atoms with Gasteiger partial charge in [-0.15, -0.1) is 0 Å². The summed E-state index contributed by atoms with van der Waals surface area (Å²) in [6.45, 7) is 4.85. The quantitative estimate of drug-likeness (QED) is 0.123. The number of nitrogens with zero attached hydrogens (tertiary/aromatic N) is 5. The molecule has 4 heterocycles. The first-order valence-corrected chi connectivity index (χ1v) is 17.7. The first kappa shape index (κ1) is 32.7. The van der Waals surface area contributed by atoms with Crippen molar-refractivity contribution in [1.82, 2.24) is 14.9 Å². The Balaban J connectivity index is 1.00. The highest BCUT2D eigenvalue weighted by Gasteiger charge is 2.26. The van der Waals surface area contributed by atoms with Crippen LogP contribution in [-0.4, -0.2) is 78.4 Å². The molecule has 0 unspecified atom stereocenters. The number of fused-ring (bicyclic) bond motifs is 2. The van der Waals surface area contributed by atoms with Gasteiger partial charge in [-0.1, -0.05) is 46.9 Å². The molecule has 14 heteroatoms. The lowest BCUT2D eigenvalue weighted by atomic mass is 9.94. The van der Waals surface area contributed by atoms with Gasteiger partial charge in [0.15, 0.2) is 21.8 Å². The number of rotatable bonds is 10. The van der Waals surface area contributed by atoms with Crippen molar-refractivity contribution in [3.8, 4) is 11.6 Å². The molecular weight excluding hydrogens is 668 g/mol. The molecular formula is C35H35FN6O5S2. The molecule has 2 aliphatic heterocycles. The van der Waals surface area contributed by atoms with E-state index in [4.69, 9.17) is 9.47 Å². The van der Waals surface area contributed by atoms with Crippen LogP contribution in [0.4, 0.5) is 25.1 Å². The van der Waals surface area contributed by atoms with Crippen LogP contribution in [0, 0.1) is 5.82 Å². The summed E-state index contributed by atoms with van der Waals surface area (Å²) < 4.78 is 26.7. The smallest absolute Gasteiger partial charge is 0.491 e. The van der Waals surface area contributed by atoms with E-state index in [1.807, 2.05) is 47.4 Å². The van der Waals surface area contributed by atoms with Gasteiger partial charge >= 0.3 is 6.16 Å². The van der Waals surface area contributed by atoms with Crippen LogP contribution in [0.3, 0.4) is 0 Å². The van der Waals surface area contributed by atoms with Gasteiger partial charge in [-0.2, -0.15) is 4.98 Å². The monoisotopic (exact) mass is 702 g/mol. The normalized spacial score (nSPS) is 14.9. The number of aromatic nitrogens is 2. The summed E-state index contributed by atoms with van der Waals surface area (Å²) in [6.07, 6.45) is 0.168.